The first-order valence-corrected chi connectivity index (χ1v) is 11.4. The molecule has 0 radical (unpaired) electrons. The van der Waals surface area contributed by atoms with Gasteiger partial charge in [0.05, 0.1) is 30.5 Å². The van der Waals surface area contributed by atoms with Crippen LogP contribution < -0.4 is 0 Å². The zero-order chi connectivity index (χ0) is 20.9. The van der Waals surface area contributed by atoms with Crippen molar-refractivity contribution in [1.82, 2.24) is 14.9 Å². The third kappa shape index (κ3) is 4.89. The number of aryl methyl sites for hydroxylation is 1. The normalized spacial score (nSPS) is 15.9. The molecule has 4 rings (SSSR count). The van der Waals surface area contributed by atoms with Crippen LogP contribution in [0.3, 0.4) is 0 Å². The average Bonchev–Trinajstić information content (AvgIpc) is 2.79. The fraction of sp³-hybridized carbons (Fsp3) is 0.375. The van der Waals surface area contributed by atoms with E-state index in [1.165, 1.54) is 17.3 Å². The van der Waals surface area contributed by atoms with Crippen LogP contribution in [0.1, 0.15) is 35.6 Å². The highest BCUT2D eigenvalue weighted by Gasteiger charge is 2.20. The van der Waals surface area contributed by atoms with Crippen molar-refractivity contribution in [2.45, 2.75) is 37.1 Å². The van der Waals surface area contributed by atoms with Gasteiger partial charge in [-0.15, -0.1) is 0 Å². The number of hydrogen-bond acceptors (Lipinski definition) is 6. The zero-order valence-electron chi connectivity index (χ0n) is 17.5. The Morgan fingerprint density at radius 2 is 1.83 bits per heavy atom. The second kappa shape index (κ2) is 9.69. The van der Waals surface area contributed by atoms with Gasteiger partial charge in [0.2, 0.25) is 0 Å². The van der Waals surface area contributed by atoms with Crippen LogP contribution in [0.15, 0.2) is 53.6 Å². The van der Waals surface area contributed by atoms with Crippen LogP contribution in [-0.2, 0) is 17.7 Å². The number of fused-ring (bicyclic) bond motifs is 1. The van der Waals surface area contributed by atoms with Crippen molar-refractivity contribution >= 4 is 28.4 Å². The van der Waals surface area contributed by atoms with Gasteiger partial charge in [-0.3, -0.25) is 9.69 Å². The van der Waals surface area contributed by atoms with E-state index in [2.05, 4.69) is 11.8 Å². The molecular formula is C24H27N3O2S. The molecule has 0 amide bonds. The van der Waals surface area contributed by atoms with E-state index in [1.54, 1.807) is 0 Å². The van der Waals surface area contributed by atoms with E-state index >= 15 is 0 Å². The molecule has 0 aliphatic carbocycles. The number of carbonyl (C=O) groups excluding carboxylic acids is 1. The molecule has 1 saturated heterocycles. The van der Waals surface area contributed by atoms with E-state index in [1.807, 2.05) is 55.5 Å². The number of morpholine rings is 1. The van der Waals surface area contributed by atoms with Gasteiger partial charge in [0.15, 0.2) is 5.78 Å². The number of nitrogens with zero attached hydrogens (tertiary/aromatic N) is 3. The minimum Gasteiger partial charge on any atom is -0.379 e. The summed E-state index contributed by atoms with van der Waals surface area (Å²) in [4.78, 5) is 24.9. The van der Waals surface area contributed by atoms with Crippen molar-refractivity contribution < 1.29 is 9.53 Å². The summed E-state index contributed by atoms with van der Waals surface area (Å²) in [5, 5.41) is 1.64. The number of ether oxygens (including phenoxy) is 1. The van der Waals surface area contributed by atoms with Crippen LogP contribution in [0.2, 0.25) is 0 Å². The van der Waals surface area contributed by atoms with Crippen LogP contribution >= 0.6 is 11.8 Å². The minimum absolute atomic E-state index is 0.125. The summed E-state index contributed by atoms with van der Waals surface area (Å²) < 4.78 is 5.44. The molecule has 1 aliphatic rings. The van der Waals surface area contributed by atoms with E-state index in [0.29, 0.717) is 6.54 Å². The van der Waals surface area contributed by atoms with Crippen molar-refractivity contribution in [3.8, 4) is 0 Å². The van der Waals surface area contributed by atoms with Crippen molar-refractivity contribution in [2.75, 3.05) is 26.3 Å². The standard InChI is InChI=1S/C24H27N3O2S/c1-3-18-8-10-19(11-9-18)23(28)17(2)30-24-20-6-4-5-7-21(20)25-22(26-24)16-27-12-14-29-15-13-27/h4-11,17H,3,12-16H2,1-2H3/t17-/m0/s1. The van der Waals surface area contributed by atoms with E-state index in [-0.39, 0.29) is 11.0 Å². The lowest BCUT2D eigenvalue weighted by Crippen LogP contribution is -2.36. The summed E-state index contributed by atoms with van der Waals surface area (Å²) in [6.45, 7) is 8.05. The molecule has 0 saturated carbocycles. The lowest BCUT2D eigenvalue weighted by atomic mass is 10.1. The maximum atomic E-state index is 13.0. The van der Waals surface area contributed by atoms with E-state index < -0.39 is 0 Å². The van der Waals surface area contributed by atoms with E-state index in [4.69, 9.17) is 14.7 Å². The monoisotopic (exact) mass is 421 g/mol. The fourth-order valence-electron chi connectivity index (χ4n) is 3.57. The molecule has 1 fully saturated rings. The quantitative estimate of drug-likeness (QED) is 0.320. The van der Waals surface area contributed by atoms with Crippen LogP contribution in [0.5, 0.6) is 0 Å². The molecule has 1 aliphatic heterocycles. The van der Waals surface area contributed by atoms with Crippen molar-refractivity contribution in [3.63, 3.8) is 0 Å². The second-order valence-electron chi connectivity index (χ2n) is 7.53. The Labute approximate surface area is 181 Å². The fourth-order valence-corrected chi connectivity index (χ4v) is 4.61. The Morgan fingerprint density at radius 3 is 2.57 bits per heavy atom. The minimum atomic E-state index is -0.230. The molecule has 30 heavy (non-hydrogen) atoms. The Balaban J connectivity index is 1.57. The number of rotatable bonds is 7. The largest absolute Gasteiger partial charge is 0.379 e. The number of thioether (sulfide) groups is 1. The molecule has 5 nitrogen and oxygen atoms in total. The topological polar surface area (TPSA) is 55.3 Å². The van der Waals surface area contributed by atoms with Crippen LogP contribution in [0.4, 0.5) is 0 Å². The first-order valence-electron chi connectivity index (χ1n) is 10.5. The Hall–Kier alpha value is -2.28. The first-order chi connectivity index (χ1) is 14.6. The Kier molecular flexibility index (Phi) is 6.77. The van der Waals surface area contributed by atoms with Crippen molar-refractivity contribution in [2.24, 2.45) is 0 Å². The number of hydrogen-bond donors (Lipinski definition) is 0. The second-order valence-corrected chi connectivity index (χ2v) is 8.85. The molecule has 0 bridgehead atoms. The van der Waals surface area contributed by atoms with Gasteiger partial charge in [-0.25, -0.2) is 9.97 Å². The van der Waals surface area contributed by atoms with Gasteiger partial charge >= 0.3 is 0 Å². The highest BCUT2D eigenvalue weighted by atomic mass is 32.2. The molecule has 1 aromatic heterocycles. The number of aromatic nitrogens is 2. The summed E-state index contributed by atoms with van der Waals surface area (Å²) in [7, 11) is 0. The molecular weight excluding hydrogens is 394 g/mol. The van der Waals surface area contributed by atoms with E-state index in [9.17, 15) is 4.79 Å². The Bertz CT molecular complexity index is 1020. The maximum absolute atomic E-state index is 13.0. The lowest BCUT2D eigenvalue weighted by Gasteiger charge is -2.26. The smallest absolute Gasteiger partial charge is 0.175 e. The summed E-state index contributed by atoms with van der Waals surface area (Å²) in [6, 6.07) is 16.0. The number of Topliss-reactive ketones (excluding diaryl/α,β-unsaturated/α-hetero) is 1. The average molecular weight is 422 g/mol. The van der Waals surface area contributed by atoms with Crippen LogP contribution in [0, 0.1) is 0 Å². The first kappa shape index (κ1) is 21.0. The predicted octanol–water partition coefficient (Wildman–Crippen LogP) is 4.39. The zero-order valence-corrected chi connectivity index (χ0v) is 18.3. The van der Waals surface area contributed by atoms with Gasteiger partial charge in [-0.2, -0.15) is 0 Å². The molecule has 1 atom stereocenters. The number of para-hydroxylation sites is 1. The van der Waals surface area contributed by atoms with Crippen molar-refractivity contribution in [1.29, 1.82) is 0 Å². The molecule has 6 heteroatoms. The third-order valence-corrected chi connectivity index (χ3v) is 6.49. The Morgan fingerprint density at radius 1 is 1.10 bits per heavy atom. The predicted molar refractivity (Wildman–Crippen MR) is 121 cm³/mol. The molecule has 156 valence electrons. The number of ketones is 1. The molecule has 0 unspecified atom stereocenters. The van der Waals surface area contributed by atoms with Gasteiger partial charge in [0.25, 0.3) is 0 Å². The number of carbonyl (C=O) groups is 1. The van der Waals surface area contributed by atoms with Gasteiger partial charge in [0, 0.05) is 24.0 Å². The molecule has 2 aromatic carbocycles. The summed E-state index contributed by atoms with van der Waals surface area (Å²) >= 11 is 1.52. The molecule has 2 heterocycles. The third-order valence-electron chi connectivity index (χ3n) is 5.39. The van der Waals surface area contributed by atoms with E-state index in [0.717, 1.165) is 60.0 Å². The van der Waals surface area contributed by atoms with Gasteiger partial charge in [-0.1, -0.05) is 61.2 Å². The van der Waals surface area contributed by atoms with Gasteiger partial charge in [-0.05, 0) is 25.0 Å². The summed E-state index contributed by atoms with van der Waals surface area (Å²) in [5.41, 5.74) is 2.91. The number of benzene rings is 2. The lowest BCUT2D eigenvalue weighted by molar-refractivity contribution is 0.0330. The molecule has 0 spiro atoms. The summed E-state index contributed by atoms with van der Waals surface area (Å²) in [5.74, 6) is 0.921. The van der Waals surface area contributed by atoms with Gasteiger partial charge in [0.1, 0.15) is 10.9 Å². The van der Waals surface area contributed by atoms with Crippen LogP contribution in [-0.4, -0.2) is 52.2 Å². The molecule has 3 aromatic rings. The maximum Gasteiger partial charge on any atom is 0.175 e. The van der Waals surface area contributed by atoms with Crippen LogP contribution in [0.25, 0.3) is 10.9 Å². The molecule has 0 N–H and O–H groups in total. The highest BCUT2D eigenvalue weighted by molar-refractivity contribution is 8.00. The van der Waals surface area contributed by atoms with Gasteiger partial charge < -0.3 is 4.74 Å². The SMILES string of the molecule is CCc1ccc(C(=O)[C@H](C)Sc2nc(CN3CCOCC3)nc3ccccc23)cc1. The highest BCUT2D eigenvalue weighted by Crippen LogP contribution is 2.30. The van der Waals surface area contributed by atoms with Crippen molar-refractivity contribution in [3.05, 3.63) is 65.5 Å². The summed E-state index contributed by atoms with van der Waals surface area (Å²) in [6.07, 6.45) is 0.970.